The molecule has 52 heavy (non-hydrogen) atoms. The van der Waals surface area contributed by atoms with Gasteiger partial charge in [-0.25, -0.2) is 4.98 Å². The molecule has 0 saturated carbocycles. The maximum Gasteiger partial charge on any atom is 0.412 e. The van der Waals surface area contributed by atoms with Gasteiger partial charge in [0, 0.05) is 28.7 Å². The molecule has 0 N–H and O–H groups in total. The van der Waals surface area contributed by atoms with E-state index in [0.717, 1.165) is 29.2 Å². The predicted octanol–water partition coefficient (Wildman–Crippen LogP) is 11.2. The highest BCUT2D eigenvalue weighted by Gasteiger charge is 2.48. The number of Topliss-reactive ketones (excluding diaryl/α,β-unsaturated/α-hetero) is 1. The van der Waals surface area contributed by atoms with Crippen LogP contribution >= 0.6 is 46.1 Å². The number of hydrogen-bond acceptors (Lipinski definition) is 8. The van der Waals surface area contributed by atoms with Crippen LogP contribution in [0.5, 0.6) is 0 Å². The zero-order valence-corrected chi connectivity index (χ0v) is 35.6. The van der Waals surface area contributed by atoms with Gasteiger partial charge < -0.3 is 13.9 Å². The Hall–Kier alpha value is -1.70. The molecule has 7 nitrogen and oxygen atoms in total. The number of cyclic esters (lactones) is 1. The van der Waals surface area contributed by atoms with E-state index in [4.69, 9.17) is 48.7 Å². The third-order valence-electron chi connectivity index (χ3n) is 10.1. The second kappa shape index (κ2) is 19.8. The lowest BCUT2D eigenvalue weighted by Crippen LogP contribution is -2.51. The molecule has 0 fully saturated rings. The van der Waals surface area contributed by atoms with Crippen molar-refractivity contribution in [1.29, 1.82) is 0 Å². The van der Waals surface area contributed by atoms with Crippen LogP contribution in [0.1, 0.15) is 91.8 Å². The molecule has 1 unspecified atom stereocenters. The van der Waals surface area contributed by atoms with Gasteiger partial charge in [0.15, 0.2) is 8.32 Å². The highest BCUT2D eigenvalue weighted by Crippen LogP contribution is 2.40. The van der Waals surface area contributed by atoms with Gasteiger partial charge in [-0.15, -0.1) is 11.3 Å². The molecule has 0 saturated heterocycles. The summed E-state index contributed by atoms with van der Waals surface area (Å²) < 4.78 is 59.2. The van der Waals surface area contributed by atoms with Crippen molar-refractivity contribution in [2.45, 2.75) is 128 Å². The highest BCUT2D eigenvalue weighted by molar-refractivity contribution is 7.09. The van der Waals surface area contributed by atoms with Crippen LogP contribution in [0.2, 0.25) is 18.1 Å². The number of aromatic nitrogens is 1. The van der Waals surface area contributed by atoms with E-state index in [1.54, 1.807) is 46.8 Å². The summed E-state index contributed by atoms with van der Waals surface area (Å²) in [6.45, 7) is 15.7. The minimum absolute atomic E-state index is 0.160. The lowest BCUT2D eigenvalue weighted by atomic mass is 9.70. The fraction of sp³-hybridized carbons (Fsp3) is 0.676. The Balaban J connectivity index is 2.75. The summed E-state index contributed by atoms with van der Waals surface area (Å²) in [5.74, 6) is -4.44. The summed E-state index contributed by atoms with van der Waals surface area (Å²) in [5.41, 5.74) is -1.01. The van der Waals surface area contributed by atoms with Crippen molar-refractivity contribution in [3.8, 4) is 0 Å². The Morgan fingerprint density at radius 2 is 1.71 bits per heavy atom. The van der Waals surface area contributed by atoms with E-state index >= 15 is 0 Å². The second-order valence-electron chi connectivity index (χ2n) is 14.2. The van der Waals surface area contributed by atoms with Gasteiger partial charge in [0.1, 0.15) is 18.5 Å². The Kier molecular flexibility index (Phi) is 17.6. The van der Waals surface area contributed by atoms with Gasteiger partial charge in [0.05, 0.1) is 29.1 Å². The molecule has 0 aromatic carbocycles. The van der Waals surface area contributed by atoms with Gasteiger partial charge in [-0.1, -0.05) is 101 Å². The number of aryl methyl sites for hydroxylation is 1. The van der Waals surface area contributed by atoms with E-state index in [1.165, 1.54) is 17.4 Å². The minimum atomic E-state index is -4.65. The zero-order chi connectivity index (χ0) is 39.7. The lowest BCUT2D eigenvalue weighted by Gasteiger charge is -2.42. The van der Waals surface area contributed by atoms with Crippen molar-refractivity contribution in [3.05, 3.63) is 45.5 Å². The summed E-state index contributed by atoms with van der Waals surface area (Å²) in [6.07, 6.45) is -1.85. The molecule has 0 bridgehead atoms. The van der Waals surface area contributed by atoms with Crippen molar-refractivity contribution in [3.63, 3.8) is 0 Å². The van der Waals surface area contributed by atoms with Crippen LogP contribution in [-0.2, 0) is 28.3 Å². The molecule has 15 heteroatoms. The van der Waals surface area contributed by atoms with Crippen LogP contribution in [0.3, 0.4) is 0 Å². The predicted molar refractivity (Wildman–Crippen MR) is 206 cm³/mol. The number of ketones is 1. The number of hydrogen-bond donors (Lipinski definition) is 0. The number of halogens is 6. The minimum Gasteiger partial charge on any atom is -0.461 e. The fourth-order valence-electron chi connectivity index (χ4n) is 6.52. The molecule has 0 radical (unpaired) electrons. The van der Waals surface area contributed by atoms with Gasteiger partial charge in [-0.05, 0) is 62.4 Å². The Bertz CT molecular complexity index is 1460. The van der Waals surface area contributed by atoms with Gasteiger partial charge >= 0.3 is 18.1 Å². The monoisotopic (exact) mass is 829 g/mol. The quantitative estimate of drug-likeness (QED) is 0.106. The Morgan fingerprint density at radius 1 is 1.10 bits per heavy atom. The number of carbonyl (C=O) groups is 3. The summed E-state index contributed by atoms with van der Waals surface area (Å²) in [4.78, 5) is 46.5. The van der Waals surface area contributed by atoms with Crippen LogP contribution in [0.15, 0.2) is 34.8 Å². The Morgan fingerprint density at radius 3 is 2.23 bits per heavy atom. The SMILES string of the molecule is CC[Si](CC)(CC)OC1CC(=O)O[C@H](/C(C)=C/c2csc(C)n2)C/C=C(/C(F)(F)F)C/C=C\C[C@H](C)[C@H](C(=O)OCC(Cl)(Cl)Cl)[C@@H](C)C(=O)C1(C)C. The van der Waals surface area contributed by atoms with E-state index in [1.807, 2.05) is 33.1 Å². The van der Waals surface area contributed by atoms with Crippen molar-refractivity contribution >= 4 is 78.3 Å². The van der Waals surface area contributed by atoms with Gasteiger partial charge in [0.2, 0.25) is 3.79 Å². The van der Waals surface area contributed by atoms with E-state index in [-0.39, 0.29) is 25.0 Å². The molecular weight excluding hydrogens is 778 g/mol. The van der Waals surface area contributed by atoms with Gasteiger partial charge in [0.25, 0.3) is 0 Å². The fourth-order valence-corrected chi connectivity index (χ4v) is 10.2. The standard InChI is InChI=1S/C37H53Cl3F3NO6SSi/c1-10-52(11-2,12-3)50-30-20-31(45)49-29(24(5)19-28-21-51-26(7)44-28)18-17-27(37(41,42)43)16-14-13-15-23(4)32(25(6)33(46)35(30,8)9)34(47)48-22-36(38,39)40/h13-14,17,19,21,23,25,29-30,32H,10-12,15-16,18,20,22H2,1-9H3/b14-13-,24-19+,27-17+/t23-,25+,29-,30?,32-/m0/s1. The number of allylic oxidation sites excluding steroid dienone is 3. The van der Waals surface area contributed by atoms with Crippen molar-refractivity contribution in [1.82, 2.24) is 4.98 Å². The number of ether oxygens (including phenoxy) is 2. The number of carbonyl (C=O) groups excluding carboxylic acids is 3. The average molecular weight is 831 g/mol. The number of rotatable bonds is 9. The molecule has 0 spiro atoms. The van der Waals surface area contributed by atoms with Crippen molar-refractivity contribution in [2.75, 3.05) is 6.61 Å². The highest BCUT2D eigenvalue weighted by atomic mass is 35.6. The first-order valence-corrected chi connectivity index (χ1v) is 22.2. The smallest absolute Gasteiger partial charge is 0.412 e. The summed E-state index contributed by atoms with van der Waals surface area (Å²) in [6, 6.07) is 2.18. The summed E-state index contributed by atoms with van der Waals surface area (Å²) in [7, 11) is -2.47. The maximum absolute atomic E-state index is 14.6. The van der Waals surface area contributed by atoms with E-state index in [0.29, 0.717) is 11.3 Å². The summed E-state index contributed by atoms with van der Waals surface area (Å²) >= 11 is 19.0. The van der Waals surface area contributed by atoms with E-state index in [2.05, 4.69) is 4.98 Å². The topological polar surface area (TPSA) is 91.8 Å². The molecule has 1 aromatic rings. The van der Waals surface area contributed by atoms with Crippen LogP contribution in [-0.4, -0.2) is 59.8 Å². The molecule has 5 atom stereocenters. The van der Waals surface area contributed by atoms with Crippen LogP contribution in [0.25, 0.3) is 6.08 Å². The van der Waals surface area contributed by atoms with Crippen LogP contribution in [0.4, 0.5) is 13.2 Å². The zero-order valence-electron chi connectivity index (χ0n) is 31.5. The van der Waals surface area contributed by atoms with Crippen molar-refractivity contribution in [2.24, 2.45) is 23.2 Å². The van der Waals surface area contributed by atoms with Crippen LogP contribution < -0.4 is 0 Å². The number of thiazole rings is 1. The molecule has 294 valence electrons. The molecule has 0 aliphatic carbocycles. The number of nitrogens with zero attached hydrogens (tertiary/aromatic N) is 1. The molecule has 1 aliphatic rings. The molecule has 2 rings (SSSR count). The maximum atomic E-state index is 14.6. The first-order valence-electron chi connectivity index (χ1n) is 17.7. The second-order valence-corrected chi connectivity index (χ2v) is 22.5. The van der Waals surface area contributed by atoms with Crippen molar-refractivity contribution < 1.29 is 41.5 Å². The third-order valence-corrected chi connectivity index (χ3v) is 15.9. The molecule has 0 amide bonds. The molecule has 1 aliphatic heterocycles. The summed E-state index contributed by atoms with van der Waals surface area (Å²) in [5, 5.41) is 2.62. The van der Waals surface area contributed by atoms with Gasteiger partial charge in [-0.2, -0.15) is 13.2 Å². The first-order chi connectivity index (χ1) is 24.0. The number of esters is 2. The largest absolute Gasteiger partial charge is 0.461 e. The van der Waals surface area contributed by atoms with E-state index in [9.17, 15) is 27.6 Å². The molecule has 1 aromatic heterocycles. The lowest BCUT2D eigenvalue weighted by molar-refractivity contribution is -0.159. The third kappa shape index (κ3) is 13.5. The molecule has 2 heterocycles. The van der Waals surface area contributed by atoms with Crippen LogP contribution in [0, 0.1) is 30.1 Å². The molecular formula is C37H53Cl3F3NO6SSi. The Labute approximate surface area is 326 Å². The number of alkyl halides is 6. The first kappa shape index (κ1) is 46.5. The average Bonchev–Trinajstić information content (AvgIpc) is 3.46. The van der Waals surface area contributed by atoms with E-state index < -0.39 is 84.2 Å². The van der Waals surface area contributed by atoms with Gasteiger partial charge in [-0.3, -0.25) is 14.4 Å². The normalized spacial score (nSPS) is 26.6.